The van der Waals surface area contributed by atoms with Gasteiger partial charge in [-0.2, -0.15) is 5.10 Å². The molecule has 6 nitrogen and oxygen atoms in total. The molecule has 1 heterocycles. The normalized spacial score (nSPS) is 12.1. The second-order valence-electron chi connectivity index (χ2n) is 4.96. The summed E-state index contributed by atoms with van der Waals surface area (Å²) in [6.07, 6.45) is 0. The summed E-state index contributed by atoms with van der Waals surface area (Å²) in [5.74, 6) is 1.72. The second kappa shape index (κ2) is 6.39. The number of methoxy groups -OCH3 is 1. The van der Waals surface area contributed by atoms with Crippen LogP contribution in [0.1, 0.15) is 17.4 Å². The van der Waals surface area contributed by atoms with Crippen LogP contribution in [0.3, 0.4) is 0 Å². The average molecular weight is 375 g/mol. The standard InChI is InChI=1S/C16H15BrN4O2/c1-23-11-4-2-3-9(7-11)14(18)16-19-15(20-21-16)12-8-10(17)5-6-13(12)22/h2-8,14,22H,18H2,1H3,(H,19,20,21)/t14-/m0/s1. The molecule has 0 spiro atoms. The Bertz CT molecular complexity index is 834. The Labute approximate surface area is 141 Å². The highest BCUT2D eigenvalue weighted by Crippen LogP contribution is 2.30. The highest BCUT2D eigenvalue weighted by molar-refractivity contribution is 9.10. The molecular formula is C16H15BrN4O2. The Morgan fingerprint density at radius 2 is 2.09 bits per heavy atom. The van der Waals surface area contributed by atoms with E-state index in [9.17, 15) is 5.11 Å². The van der Waals surface area contributed by atoms with Crippen molar-refractivity contribution in [2.24, 2.45) is 5.73 Å². The first kappa shape index (κ1) is 15.5. The molecule has 0 saturated heterocycles. The van der Waals surface area contributed by atoms with Gasteiger partial charge in [-0.25, -0.2) is 4.98 Å². The van der Waals surface area contributed by atoms with Crippen molar-refractivity contribution in [1.29, 1.82) is 0 Å². The first-order chi connectivity index (χ1) is 11.1. The van der Waals surface area contributed by atoms with Crippen LogP contribution in [-0.2, 0) is 0 Å². The summed E-state index contributed by atoms with van der Waals surface area (Å²) in [5, 5.41) is 16.9. The highest BCUT2D eigenvalue weighted by Gasteiger charge is 2.17. The molecule has 0 amide bonds. The second-order valence-corrected chi connectivity index (χ2v) is 5.88. The molecule has 0 bridgehead atoms. The fourth-order valence-corrected chi connectivity index (χ4v) is 2.58. The first-order valence-corrected chi connectivity index (χ1v) is 7.68. The number of hydrogen-bond acceptors (Lipinski definition) is 5. The van der Waals surface area contributed by atoms with E-state index in [0.29, 0.717) is 17.2 Å². The van der Waals surface area contributed by atoms with Gasteiger partial charge in [-0.15, -0.1) is 0 Å². The minimum atomic E-state index is -0.472. The van der Waals surface area contributed by atoms with Crippen molar-refractivity contribution in [2.75, 3.05) is 7.11 Å². The van der Waals surface area contributed by atoms with Gasteiger partial charge in [0.05, 0.1) is 18.7 Å². The molecular weight excluding hydrogens is 360 g/mol. The zero-order valence-corrected chi connectivity index (χ0v) is 13.9. The van der Waals surface area contributed by atoms with Crippen molar-refractivity contribution in [2.45, 2.75) is 6.04 Å². The van der Waals surface area contributed by atoms with Gasteiger partial charge in [-0.1, -0.05) is 28.1 Å². The molecule has 1 aromatic heterocycles. The topological polar surface area (TPSA) is 97.1 Å². The van der Waals surface area contributed by atoms with E-state index in [1.165, 1.54) is 0 Å². The number of nitrogens with zero attached hydrogens (tertiary/aromatic N) is 2. The van der Waals surface area contributed by atoms with E-state index >= 15 is 0 Å². The SMILES string of the molecule is COc1cccc([C@H](N)c2nc(-c3cc(Br)ccc3O)n[nH]2)c1. The van der Waals surface area contributed by atoms with Gasteiger partial charge in [0.25, 0.3) is 0 Å². The molecule has 0 aliphatic carbocycles. The Morgan fingerprint density at radius 3 is 2.87 bits per heavy atom. The van der Waals surface area contributed by atoms with E-state index in [-0.39, 0.29) is 5.75 Å². The number of nitrogens with one attached hydrogen (secondary N) is 1. The first-order valence-electron chi connectivity index (χ1n) is 6.89. The number of benzene rings is 2. The number of ether oxygens (including phenoxy) is 1. The Kier molecular flexibility index (Phi) is 4.31. The molecule has 0 aliphatic heterocycles. The van der Waals surface area contributed by atoms with E-state index in [2.05, 4.69) is 31.1 Å². The minimum absolute atomic E-state index is 0.105. The van der Waals surface area contributed by atoms with Crippen molar-refractivity contribution in [3.05, 3.63) is 58.3 Å². The van der Waals surface area contributed by atoms with Crippen molar-refractivity contribution in [1.82, 2.24) is 15.2 Å². The zero-order valence-electron chi connectivity index (χ0n) is 12.3. The number of phenolic OH excluding ortho intramolecular Hbond substituents is 1. The number of aromatic nitrogens is 3. The van der Waals surface area contributed by atoms with Crippen molar-refractivity contribution in [3.8, 4) is 22.9 Å². The third kappa shape index (κ3) is 3.20. The third-order valence-electron chi connectivity index (χ3n) is 3.45. The number of aromatic amines is 1. The van der Waals surface area contributed by atoms with Gasteiger partial charge < -0.3 is 15.6 Å². The maximum Gasteiger partial charge on any atom is 0.184 e. The predicted molar refractivity (Wildman–Crippen MR) is 90.2 cm³/mol. The molecule has 1 atom stereocenters. The molecule has 118 valence electrons. The molecule has 2 aromatic carbocycles. The fraction of sp³-hybridized carbons (Fsp3) is 0.125. The van der Waals surface area contributed by atoms with Crippen LogP contribution < -0.4 is 10.5 Å². The largest absolute Gasteiger partial charge is 0.507 e. The van der Waals surface area contributed by atoms with E-state index in [1.54, 1.807) is 25.3 Å². The summed E-state index contributed by atoms with van der Waals surface area (Å²) in [4.78, 5) is 4.40. The summed E-state index contributed by atoms with van der Waals surface area (Å²) in [6.45, 7) is 0. The van der Waals surface area contributed by atoms with Gasteiger partial charge in [0.2, 0.25) is 0 Å². The quantitative estimate of drug-likeness (QED) is 0.651. The van der Waals surface area contributed by atoms with Crippen LogP contribution in [0.4, 0.5) is 0 Å². The van der Waals surface area contributed by atoms with Gasteiger partial charge in [-0.3, -0.25) is 5.10 Å². The number of H-pyrrole nitrogens is 1. The highest BCUT2D eigenvalue weighted by atomic mass is 79.9. The monoisotopic (exact) mass is 374 g/mol. The van der Waals surface area contributed by atoms with Crippen LogP contribution >= 0.6 is 15.9 Å². The number of phenols is 1. The molecule has 0 radical (unpaired) electrons. The summed E-state index contributed by atoms with van der Waals surface area (Å²) in [6, 6.07) is 12.1. The summed E-state index contributed by atoms with van der Waals surface area (Å²) in [5.41, 5.74) is 7.62. The smallest absolute Gasteiger partial charge is 0.184 e. The molecule has 3 rings (SSSR count). The van der Waals surface area contributed by atoms with Crippen LogP contribution in [-0.4, -0.2) is 27.4 Å². The molecule has 23 heavy (non-hydrogen) atoms. The van der Waals surface area contributed by atoms with Crippen LogP contribution in [0, 0.1) is 0 Å². The molecule has 7 heteroatoms. The number of halogens is 1. The predicted octanol–water partition coefficient (Wildman–Crippen LogP) is 3.00. The molecule has 0 aliphatic rings. The van der Waals surface area contributed by atoms with Gasteiger partial charge in [0.1, 0.15) is 17.3 Å². The van der Waals surface area contributed by atoms with Gasteiger partial charge >= 0.3 is 0 Å². The Balaban J connectivity index is 1.93. The van der Waals surface area contributed by atoms with Crippen LogP contribution in [0.5, 0.6) is 11.5 Å². The lowest BCUT2D eigenvalue weighted by atomic mass is 10.1. The molecule has 3 aromatic rings. The van der Waals surface area contributed by atoms with Crippen molar-refractivity contribution >= 4 is 15.9 Å². The maximum absolute atomic E-state index is 9.96. The number of nitrogens with two attached hydrogens (primary N) is 1. The summed E-state index contributed by atoms with van der Waals surface area (Å²) >= 11 is 3.37. The summed E-state index contributed by atoms with van der Waals surface area (Å²) < 4.78 is 6.03. The van der Waals surface area contributed by atoms with Crippen LogP contribution in [0.25, 0.3) is 11.4 Å². The lowest BCUT2D eigenvalue weighted by Crippen LogP contribution is -2.13. The molecule has 0 fully saturated rings. The third-order valence-corrected chi connectivity index (χ3v) is 3.94. The van der Waals surface area contributed by atoms with E-state index in [1.807, 2.05) is 24.3 Å². The zero-order chi connectivity index (χ0) is 16.4. The maximum atomic E-state index is 9.96. The number of rotatable bonds is 4. The number of aromatic hydroxyl groups is 1. The minimum Gasteiger partial charge on any atom is -0.507 e. The average Bonchev–Trinajstić information content (AvgIpc) is 3.06. The van der Waals surface area contributed by atoms with Crippen molar-refractivity contribution < 1.29 is 9.84 Å². The van der Waals surface area contributed by atoms with Gasteiger partial charge in [0, 0.05) is 4.47 Å². The molecule has 4 N–H and O–H groups in total. The Hall–Kier alpha value is -2.38. The van der Waals surface area contributed by atoms with Crippen LogP contribution in [0.15, 0.2) is 46.9 Å². The number of hydrogen-bond donors (Lipinski definition) is 3. The van der Waals surface area contributed by atoms with Gasteiger partial charge in [0.15, 0.2) is 5.82 Å². The van der Waals surface area contributed by atoms with E-state index in [0.717, 1.165) is 15.8 Å². The van der Waals surface area contributed by atoms with Crippen molar-refractivity contribution in [3.63, 3.8) is 0 Å². The Morgan fingerprint density at radius 1 is 1.26 bits per heavy atom. The molecule has 0 unspecified atom stereocenters. The van der Waals surface area contributed by atoms with Crippen LogP contribution in [0.2, 0.25) is 0 Å². The lowest BCUT2D eigenvalue weighted by molar-refractivity contribution is 0.414. The fourth-order valence-electron chi connectivity index (χ4n) is 2.21. The molecule has 0 saturated carbocycles. The van der Waals surface area contributed by atoms with E-state index in [4.69, 9.17) is 10.5 Å². The summed E-state index contributed by atoms with van der Waals surface area (Å²) in [7, 11) is 1.60. The lowest BCUT2D eigenvalue weighted by Gasteiger charge is -2.10. The van der Waals surface area contributed by atoms with E-state index < -0.39 is 6.04 Å². The van der Waals surface area contributed by atoms with Gasteiger partial charge in [-0.05, 0) is 35.9 Å².